The Kier molecular flexibility index (Phi) is 6.69. The Morgan fingerprint density at radius 1 is 1.25 bits per heavy atom. The van der Waals surface area contributed by atoms with Gasteiger partial charge in [-0.3, -0.25) is 4.79 Å². The number of methoxy groups -OCH3 is 1. The normalized spacial score (nSPS) is 11.8. The Balaban J connectivity index is 2.04. The van der Waals surface area contributed by atoms with Crippen molar-refractivity contribution < 1.29 is 9.53 Å². The van der Waals surface area contributed by atoms with Crippen LogP contribution in [0.5, 0.6) is 0 Å². The first kappa shape index (κ1) is 17.9. The Bertz CT molecular complexity index is 661. The second-order valence-electron chi connectivity index (χ2n) is 5.60. The van der Waals surface area contributed by atoms with Crippen molar-refractivity contribution in [1.29, 1.82) is 0 Å². The van der Waals surface area contributed by atoms with Gasteiger partial charge in [0.2, 0.25) is 5.95 Å². The van der Waals surface area contributed by atoms with Crippen molar-refractivity contribution in [2.45, 2.75) is 26.3 Å². The van der Waals surface area contributed by atoms with Crippen LogP contribution >= 0.6 is 0 Å². The van der Waals surface area contributed by atoms with Crippen LogP contribution in [-0.2, 0) is 4.74 Å². The molecule has 0 spiro atoms. The molecule has 0 aliphatic carbocycles. The van der Waals surface area contributed by atoms with Gasteiger partial charge in [-0.2, -0.15) is 0 Å². The van der Waals surface area contributed by atoms with E-state index in [9.17, 15) is 4.79 Å². The minimum atomic E-state index is -0.202. The number of benzene rings is 1. The highest BCUT2D eigenvalue weighted by molar-refractivity contribution is 5.92. The third-order valence-electron chi connectivity index (χ3n) is 3.54. The number of rotatable bonds is 8. The van der Waals surface area contributed by atoms with Crippen molar-refractivity contribution in [2.24, 2.45) is 0 Å². The lowest BCUT2D eigenvalue weighted by atomic mass is 10.1. The predicted molar refractivity (Wildman–Crippen MR) is 94.1 cm³/mol. The van der Waals surface area contributed by atoms with Crippen LogP contribution in [0.3, 0.4) is 0 Å². The van der Waals surface area contributed by atoms with E-state index in [1.807, 2.05) is 44.2 Å². The zero-order chi connectivity index (χ0) is 17.4. The van der Waals surface area contributed by atoms with Crippen molar-refractivity contribution in [1.82, 2.24) is 15.3 Å². The summed E-state index contributed by atoms with van der Waals surface area (Å²) >= 11 is 0. The number of hydrogen-bond acceptors (Lipinski definition) is 5. The van der Waals surface area contributed by atoms with Gasteiger partial charge in [-0.15, -0.1) is 0 Å². The molecule has 0 saturated heterocycles. The smallest absolute Gasteiger partial charge is 0.270 e. The minimum Gasteiger partial charge on any atom is -0.385 e. The van der Waals surface area contributed by atoms with E-state index in [4.69, 9.17) is 4.74 Å². The van der Waals surface area contributed by atoms with Crippen LogP contribution in [0.2, 0.25) is 0 Å². The summed E-state index contributed by atoms with van der Waals surface area (Å²) < 4.78 is 4.97. The van der Waals surface area contributed by atoms with Crippen LogP contribution < -0.4 is 10.6 Å². The third kappa shape index (κ3) is 5.31. The summed E-state index contributed by atoms with van der Waals surface area (Å²) in [4.78, 5) is 20.9. The molecule has 0 fully saturated rings. The largest absolute Gasteiger partial charge is 0.385 e. The third-order valence-corrected chi connectivity index (χ3v) is 3.54. The lowest BCUT2D eigenvalue weighted by molar-refractivity contribution is 0.0943. The van der Waals surface area contributed by atoms with E-state index in [0.717, 1.165) is 17.7 Å². The Morgan fingerprint density at radius 3 is 2.71 bits per heavy atom. The molecule has 2 N–H and O–H groups in total. The molecule has 128 valence electrons. The van der Waals surface area contributed by atoms with E-state index in [1.54, 1.807) is 13.2 Å². The maximum Gasteiger partial charge on any atom is 0.270 e. The molecule has 6 nitrogen and oxygen atoms in total. The fraction of sp³-hybridized carbons (Fsp3) is 0.389. The summed E-state index contributed by atoms with van der Waals surface area (Å²) in [6.07, 6.45) is 0.766. The maximum absolute atomic E-state index is 12.2. The number of nitrogens with one attached hydrogen (secondary N) is 2. The van der Waals surface area contributed by atoms with Gasteiger partial charge in [-0.05, 0) is 31.9 Å². The summed E-state index contributed by atoms with van der Waals surface area (Å²) in [5.41, 5.74) is 2.24. The number of aromatic nitrogens is 2. The zero-order valence-corrected chi connectivity index (χ0v) is 14.4. The minimum absolute atomic E-state index is 0.0469. The fourth-order valence-electron chi connectivity index (χ4n) is 2.28. The van der Waals surface area contributed by atoms with E-state index in [-0.39, 0.29) is 11.9 Å². The molecule has 0 saturated carbocycles. The molecule has 1 aromatic carbocycles. The molecule has 1 amide bonds. The van der Waals surface area contributed by atoms with Gasteiger partial charge in [0.05, 0.1) is 6.04 Å². The van der Waals surface area contributed by atoms with E-state index < -0.39 is 0 Å². The molecule has 0 aliphatic rings. The monoisotopic (exact) mass is 328 g/mol. The lowest BCUT2D eigenvalue weighted by Crippen LogP contribution is -2.26. The first-order valence-corrected chi connectivity index (χ1v) is 8.04. The second kappa shape index (κ2) is 8.98. The lowest BCUT2D eigenvalue weighted by Gasteiger charge is -2.15. The number of hydrogen-bond donors (Lipinski definition) is 2. The van der Waals surface area contributed by atoms with Crippen molar-refractivity contribution in [3.05, 3.63) is 53.3 Å². The molecule has 1 atom stereocenters. The number of ether oxygens (including phenoxy) is 1. The highest BCUT2D eigenvalue weighted by atomic mass is 16.5. The number of anilines is 1. The van der Waals surface area contributed by atoms with Gasteiger partial charge in [0, 0.05) is 26.0 Å². The van der Waals surface area contributed by atoms with Crippen LogP contribution in [0.4, 0.5) is 5.95 Å². The molecule has 1 heterocycles. The van der Waals surface area contributed by atoms with Crippen molar-refractivity contribution in [3.63, 3.8) is 0 Å². The molecular formula is C18H24N4O2. The van der Waals surface area contributed by atoms with Crippen molar-refractivity contribution in [3.8, 4) is 0 Å². The average Bonchev–Trinajstić information content (AvgIpc) is 2.58. The molecule has 2 aromatic rings. The maximum atomic E-state index is 12.2. The molecule has 0 aliphatic heterocycles. The Morgan fingerprint density at radius 2 is 2.00 bits per heavy atom. The van der Waals surface area contributed by atoms with Gasteiger partial charge < -0.3 is 15.4 Å². The molecule has 0 bridgehead atoms. The molecular weight excluding hydrogens is 304 g/mol. The van der Waals surface area contributed by atoms with Crippen LogP contribution in [0.15, 0.2) is 36.4 Å². The molecule has 0 radical (unpaired) electrons. The molecule has 2 rings (SSSR count). The standard InChI is InChI=1S/C18H24N4O2/c1-13-12-16(17(23)19-10-7-11-24-3)22-18(20-13)21-14(2)15-8-5-4-6-9-15/h4-6,8-9,12,14H,7,10-11H2,1-3H3,(H,19,23)(H,20,21,22). The van der Waals surface area contributed by atoms with Gasteiger partial charge in [-0.25, -0.2) is 9.97 Å². The van der Waals surface area contributed by atoms with Crippen molar-refractivity contribution in [2.75, 3.05) is 25.6 Å². The summed E-state index contributed by atoms with van der Waals surface area (Å²) in [6.45, 7) is 5.05. The van der Waals surface area contributed by atoms with Gasteiger partial charge in [0.1, 0.15) is 5.69 Å². The van der Waals surface area contributed by atoms with E-state index in [2.05, 4.69) is 20.6 Å². The van der Waals surface area contributed by atoms with Crippen LogP contribution in [0.25, 0.3) is 0 Å². The van der Waals surface area contributed by atoms with Crippen LogP contribution in [0, 0.1) is 6.92 Å². The quantitative estimate of drug-likeness (QED) is 0.729. The van der Waals surface area contributed by atoms with Crippen LogP contribution in [-0.4, -0.2) is 36.1 Å². The zero-order valence-electron chi connectivity index (χ0n) is 14.4. The van der Waals surface area contributed by atoms with Gasteiger partial charge >= 0.3 is 0 Å². The summed E-state index contributed by atoms with van der Waals surface area (Å²) in [5.74, 6) is 0.250. The summed E-state index contributed by atoms with van der Waals surface area (Å²) in [5, 5.41) is 6.08. The Labute approximate surface area is 142 Å². The number of nitrogens with zero attached hydrogens (tertiary/aromatic N) is 2. The first-order valence-electron chi connectivity index (χ1n) is 8.04. The van der Waals surface area contributed by atoms with Gasteiger partial charge in [0.25, 0.3) is 5.91 Å². The molecule has 6 heteroatoms. The molecule has 24 heavy (non-hydrogen) atoms. The van der Waals surface area contributed by atoms with E-state index in [0.29, 0.717) is 24.8 Å². The van der Waals surface area contributed by atoms with E-state index in [1.165, 1.54) is 0 Å². The average molecular weight is 328 g/mol. The first-order chi connectivity index (χ1) is 11.6. The topological polar surface area (TPSA) is 76.1 Å². The highest BCUT2D eigenvalue weighted by Gasteiger charge is 2.12. The highest BCUT2D eigenvalue weighted by Crippen LogP contribution is 2.16. The van der Waals surface area contributed by atoms with Gasteiger partial charge in [0.15, 0.2) is 0 Å². The summed E-state index contributed by atoms with van der Waals surface area (Å²) in [7, 11) is 1.64. The number of carbonyl (C=O) groups excluding carboxylic acids is 1. The van der Waals surface area contributed by atoms with E-state index >= 15 is 0 Å². The summed E-state index contributed by atoms with van der Waals surface area (Å²) in [6, 6.07) is 11.8. The SMILES string of the molecule is COCCCNC(=O)c1cc(C)nc(NC(C)c2ccccc2)n1. The molecule has 1 aromatic heterocycles. The molecule has 1 unspecified atom stereocenters. The fourth-order valence-corrected chi connectivity index (χ4v) is 2.28. The van der Waals surface area contributed by atoms with Crippen LogP contribution in [0.1, 0.15) is 41.1 Å². The number of carbonyl (C=O) groups is 1. The second-order valence-corrected chi connectivity index (χ2v) is 5.60. The number of amides is 1. The van der Waals surface area contributed by atoms with Gasteiger partial charge in [-0.1, -0.05) is 30.3 Å². The number of aryl methyl sites for hydroxylation is 1. The Hall–Kier alpha value is -2.47. The predicted octanol–water partition coefficient (Wildman–Crippen LogP) is 2.72. The van der Waals surface area contributed by atoms with Crippen molar-refractivity contribution >= 4 is 11.9 Å².